The summed E-state index contributed by atoms with van der Waals surface area (Å²) >= 11 is 0. The SMILES string of the molecule is CCC[C@](C)(O)CN. The fraction of sp³-hybridized carbons (Fsp3) is 1.00. The molecule has 0 aliphatic rings. The average Bonchev–Trinajstić information content (AvgIpc) is 1.67. The van der Waals surface area contributed by atoms with Crippen molar-refractivity contribution in [2.75, 3.05) is 6.54 Å². The Hall–Kier alpha value is -0.0800. The maximum atomic E-state index is 9.20. The van der Waals surface area contributed by atoms with Crippen LogP contribution in [0.3, 0.4) is 0 Å². The van der Waals surface area contributed by atoms with Crippen LogP contribution in [-0.2, 0) is 0 Å². The van der Waals surface area contributed by atoms with Gasteiger partial charge in [0.1, 0.15) is 0 Å². The van der Waals surface area contributed by atoms with Crippen LogP contribution in [0.1, 0.15) is 26.7 Å². The summed E-state index contributed by atoms with van der Waals surface area (Å²) in [6.07, 6.45) is 1.79. The second-order valence-electron chi connectivity index (χ2n) is 2.45. The molecule has 0 saturated heterocycles. The quantitative estimate of drug-likeness (QED) is 0.565. The van der Waals surface area contributed by atoms with Crippen molar-refractivity contribution < 1.29 is 5.11 Å². The second-order valence-corrected chi connectivity index (χ2v) is 2.45. The topological polar surface area (TPSA) is 46.2 Å². The van der Waals surface area contributed by atoms with Gasteiger partial charge in [0.2, 0.25) is 0 Å². The van der Waals surface area contributed by atoms with E-state index in [1.165, 1.54) is 0 Å². The molecule has 0 aromatic rings. The third-order valence-electron chi connectivity index (χ3n) is 1.23. The van der Waals surface area contributed by atoms with Gasteiger partial charge in [-0.1, -0.05) is 13.3 Å². The highest BCUT2D eigenvalue weighted by Gasteiger charge is 2.14. The first-order valence-electron chi connectivity index (χ1n) is 3.05. The average molecular weight is 117 g/mol. The lowest BCUT2D eigenvalue weighted by molar-refractivity contribution is 0.0593. The predicted molar refractivity (Wildman–Crippen MR) is 34.6 cm³/mol. The molecule has 8 heavy (non-hydrogen) atoms. The molecule has 1 atom stereocenters. The number of hydrogen-bond donors (Lipinski definition) is 2. The van der Waals surface area contributed by atoms with Gasteiger partial charge in [-0.2, -0.15) is 0 Å². The molecular formula is C6H15NO. The lowest BCUT2D eigenvalue weighted by Crippen LogP contribution is -2.33. The Labute approximate surface area is 50.7 Å². The highest BCUT2D eigenvalue weighted by atomic mass is 16.3. The Kier molecular flexibility index (Phi) is 3.02. The van der Waals surface area contributed by atoms with Crippen molar-refractivity contribution in [3.05, 3.63) is 0 Å². The lowest BCUT2D eigenvalue weighted by atomic mass is 10.0. The molecule has 0 fully saturated rings. The Bertz CT molecular complexity index is 61.5. The van der Waals surface area contributed by atoms with Crippen molar-refractivity contribution in [3.8, 4) is 0 Å². The number of rotatable bonds is 3. The number of nitrogens with two attached hydrogens (primary N) is 1. The summed E-state index contributed by atoms with van der Waals surface area (Å²) in [5, 5.41) is 9.20. The molecule has 0 radical (unpaired) electrons. The van der Waals surface area contributed by atoms with E-state index in [0.29, 0.717) is 6.54 Å². The molecule has 0 aromatic carbocycles. The Morgan fingerprint density at radius 3 is 2.25 bits per heavy atom. The summed E-state index contributed by atoms with van der Waals surface area (Å²) in [5.41, 5.74) is 4.61. The minimum absolute atomic E-state index is 0.362. The molecule has 0 spiro atoms. The normalized spacial score (nSPS) is 18.0. The van der Waals surface area contributed by atoms with E-state index >= 15 is 0 Å². The molecule has 2 heteroatoms. The molecule has 3 N–H and O–H groups in total. The van der Waals surface area contributed by atoms with Crippen LogP contribution >= 0.6 is 0 Å². The first-order chi connectivity index (χ1) is 3.62. The van der Waals surface area contributed by atoms with Crippen LogP contribution in [0, 0.1) is 0 Å². The lowest BCUT2D eigenvalue weighted by Gasteiger charge is -2.19. The van der Waals surface area contributed by atoms with E-state index < -0.39 is 5.60 Å². The second kappa shape index (κ2) is 3.05. The molecule has 0 bridgehead atoms. The molecule has 0 saturated carbocycles. The molecule has 0 aromatic heterocycles. The maximum Gasteiger partial charge on any atom is 0.0741 e. The summed E-state index contributed by atoms with van der Waals surface area (Å²) in [6, 6.07) is 0. The van der Waals surface area contributed by atoms with Crippen LogP contribution in [-0.4, -0.2) is 17.3 Å². The van der Waals surface area contributed by atoms with Crippen molar-refractivity contribution in [1.29, 1.82) is 0 Å². The molecule has 0 aliphatic carbocycles. The van der Waals surface area contributed by atoms with Gasteiger partial charge in [-0.3, -0.25) is 0 Å². The largest absolute Gasteiger partial charge is 0.389 e. The van der Waals surface area contributed by atoms with Gasteiger partial charge < -0.3 is 10.8 Å². The van der Waals surface area contributed by atoms with E-state index in [4.69, 9.17) is 5.73 Å². The van der Waals surface area contributed by atoms with Crippen LogP contribution in [0.25, 0.3) is 0 Å². The van der Waals surface area contributed by atoms with Crippen LogP contribution < -0.4 is 5.73 Å². The van der Waals surface area contributed by atoms with Crippen molar-refractivity contribution in [1.82, 2.24) is 0 Å². The van der Waals surface area contributed by atoms with Gasteiger partial charge in [0.25, 0.3) is 0 Å². The van der Waals surface area contributed by atoms with Crippen LogP contribution in [0.2, 0.25) is 0 Å². The third-order valence-corrected chi connectivity index (χ3v) is 1.23. The summed E-state index contributed by atoms with van der Waals surface area (Å²) in [5.74, 6) is 0. The zero-order valence-corrected chi connectivity index (χ0v) is 5.65. The zero-order valence-electron chi connectivity index (χ0n) is 5.65. The van der Waals surface area contributed by atoms with Crippen molar-refractivity contribution in [2.45, 2.75) is 32.3 Å². The monoisotopic (exact) mass is 117 g/mol. The third kappa shape index (κ3) is 2.99. The fourth-order valence-electron chi connectivity index (χ4n) is 0.641. The van der Waals surface area contributed by atoms with Gasteiger partial charge in [0.05, 0.1) is 5.60 Å². The van der Waals surface area contributed by atoms with Crippen molar-refractivity contribution in [2.24, 2.45) is 5.73 Å². The van der Waals surface area contributed by atoms with Crippen molar-refractivity contribution >= 4 is 0 Å². The Balaban J connectivity index is 3.37. The van der Waals surface area contributed by atoms with Crippen LogP contribution in [0.15, 0.2) is 0 Å². The van der Waals surface area contributed by atoms with Gasteiger partial charge in [0.15, 0.2) is 0 Å². The Morgan fingerprint density at radius 1 is 1.62 bits per heavy atom. The van der Waals surface area contributed by atoms with Crippen LogP contribution in [0.4, 0.5) is 0 Å². The first-order valence-corrected chi connectivity index (χ1v) is 3.05. The fourth-order valence-corrected chi connectivity index (χ4v) is 0.641. The maximum absolute atomic E-state index is 9.20. The van der Waals surface area contributed by atoms with E-state index in [9.17, 15) is 5.11 Å². The molecule has 0 heterocycles. The molecular weight excluding hydrogens is 102 g/mol. The van der Waals surface area contributed by atoms with Gasteiger partial charge in [-0.15, -0.1) is 0 Å². The number of aliphatic hydroxyl groups is 1. The Morgan fingerprint density at radius 2 is 2.12 bits per heavy atom. The van der Waals surface area contributed by atoms with E-state index in [-0.39, 0.29) is 0 Å². The molecule has 50 valence electrons. The molecule has 0 amide bonds. The highest BCUT2D eigenvalue weighted by Crippen LogP contribution is 2.07. The van der Waals surface area contributed by atoms with E-state index in [1.54, 1.807) is 6.92 Å². The summed E-state index contributed by atoms with van der Waals surface area (Å²) in [7, 11) is 0. The summed E-state index contributed by atoms with van der Waals surface area (Å²) in [4.78, 5) is 0. The molecule has 0 aliphatic heterocycles. The summed E-state index contributed by atoms with van der Waals surface area (Å²) < 4.78 is 0. The zero-order chi connectivity index (χ0) is 6.62. The minimum Gasteiger partial charge on any atom is -0.389 e. The molecule has 0 rings (SSSR count). The smallest absolute Gasteiger partial charge is 0.0741 e. The standard InChI is InChI=1S/C6H15NO/c1-3-4-6(2,8)5-7/h8H,3-5,7H2,1-2H3/t6-/m0/s1. The van der Waals surface area contributed by atoms with E-state index in [0.717, 1.165) is 12.8 Å². The first kappa shape index (κ1) is 7.92. The van der Waals surface area contributed by atoms with Gasteiger partial charge in [-0.05, 0) is 13.3 Å². The molecule has 0 unspecified atom stereocenters. The highest BCUT2D eigenvalue weighted by molar-refractivity contribution is 4.71. The number of hydrogen-bond acceptors (Lipinski definition) is 2. The summed E-state index contributed by atoms with van der Waals surface area (Å²) in [6.45, 7) is 4.15. The predicted octanol–water partition coefficient (Wildman–Crippen LogP) is 0.496. The van der Waals surface area contributed by atoms with Gasteiger partial charge in [0, 0.05) is 6.54 Å². The van der Waals surface area contributed by atoms with Gasteiger partial charge >= 0.3 is 0 Å². The van der Waals surface area contributed by atoms with Crippen LogP contribution in [0.5, 0.6) is 0 Å². The van der Waals surface area contributed by atoms with Gasteiger partial charge in [-0.25, -0.2) is 0 Å². The minimum atomic E-state index is -0.630. The molecule has 2 nitrogen and oxygen atoms in total. The van der Waals surface area contributed by atoms with Crippen molar-refractivity contribution in [3.63, 3.8) is 0 Å². The van der Waals surface area contributed by atoms with E-state index in [2.05, 4.69) is 0 Å². The van der Waals surface area contributed by atoms with E-state index in [1.807, 2.05) is 6.92 Å².